The molecule has 0 bridgehead atoms. The van der Waals surface area contributed by atoms with E-state index in [4.69, 9.17) is 10.8 Å². The van der Waals surface area contributed by atoms with Crippen molar-refractivity contribution in [1.82, 2.24) is 16.0 Å². The molecule has 0 rings (SSSR count). The highest BCUT2D eigenvalue weighted by Gasteiger charge is 2.29. The number of carbonyl (C=O) groups excluding carboxylic acids is 3. The molecular weight excluding hydrogens is 364 g/mol. The van der Waals surface area contributed by atoms with Crippen molar-refractivity contribution in [3.63, 3.8) is 0 Å². The summed E-state index contributed by atoms with van der Waals surface area (Å²) in [5.74, 6) is -2.53. The predicted octanol–water partition coefficient (Wildman–Crippen LogP) is 0.232. The Morgan fingerprint density at radius 1 is 0.786 bits per heavy atom. The van der Waals surface area contributed by atoms with Gasteiger partial charge in [-0.05, 0) is 30.6 Å². The summed E-state index contributed by atoms with van der Waals surface area (Å²) in [6, 6.07) is -2.47. The summed E-state index contributed by atoms with van der Waals surface area (Å²) in [5, 5.41) is 16.3. The van der Waals surface area contributed by atoms with Crippen LogP contribution in [0.25, 0.3) is 0 Å². The molecule has 0 aromatic heterocycles. The van der Waals surface area contributed by atoms with Crippen molar-refractivity contribution in [1.29, 1.82) is 0 Å². The molecule has 3 atom stereocenters. The van der Waals surface area contributed by atoms with E-state index in [-0.39, 0.29) is 17.8 Å². The first-order valence-electron chi connectivity index (χ1n) is 9.70. The number of carbonyl (C=O) groups is 4. The Morgan fingerprint density at radius 3 is 1.61 bits per heavy atom. The highest BCUT2D eigenvalue weighted by atomic mass is 16.4. The third kappa shape index (κ3) is 10.2. The monoisotopic (exact) mass is 400 g/mol. The Hall–Kier alpha value is -2.16. The molecule has 0 aliphatic carbocycles. The van der Waals surface area contributed by atoms with Gasteiger partial charge >= 0.3 is 5.97 Å². The van der Waals surface area contributed by atoms with E-state index in [1.54, 1.807) is 0 Å². The van der Waals surface area contributed by atoms with Crippen molar-refractivity contribution < 1.29 is 24.3 Å². The second-order valence-electron chi connectivity index (χ2n) is 8.26. The number of hydrogen-bond acceptors (Lipinski definition) is 5. The van der Waals surface area contributed by atoms with Crippen molar-refractivity contribution >= 4 is 23.7 Å². The van der Waals surface area contributed by atoms with Crippen molar-refractivity contribution in [2.45, 2.75) is 72.5 Å². The van der Waals surface area contributed by atoms with E-state index >= 15 is 0 Å². The van der Waals surface area contributed by atoms with Gasteiger partial charge in [-0.2, -0.15) is 0 Å². The van der Waals surface area contributed by atoms with Crippen LogP contribution in [0.2, 0.25) is 0 Å². The maximum absolute atomic E-state index is 12.8. The fraction of sp³-hybridized carbons (Fsp3) is 0.789. The summed E-state index contributed by atoms with van der Waals surface area (Å²) in [5.41, 5.74) is 5.86. The maximum atomic E-state index is 12.8. The summed E-state index contributed by atoms with van der Waals surface area (Å²) in [7, 11) is 0. The number of amides is 3. The zero-order chi connectivity index (χ0) is 22.0. The first-order chi connectivity index (χ1) is 12.8. The Morgan fingerprint density at radius 2 is 1.21 bits per heavy atom. The number of nitrogens with one attached hydrogen (secondary N) is 3. The van der Waals surface area contributed by atoms with Gasteiger partial charge in [-0.15, -0.1) is 0 Å². The molecule has 28 heavy (non-hydrogen) atoms. The van der Waals surface area contributed by atoms with Gasteiger partial charge in [0, 0.05) is 0 Å². The Kier molecular flexibility index (Phi) is 11.4. The number of nitrogens with two attached hydrogens (primary N) is 1. The van der Waals surface area contributed by atoms with Crippen molar-refractivity contribution in [3.05, 3.63) is 0 Å². The summed E-state index contributed by atoms with van der Waals surface area (Å²) < 4.78 is 0. The van der Waals surface area contributed by atoms with Gasteiger partial charge in [0.1, 0.15) is 18.6 Å². The second-order valence-corrected chi connectivity index (χ2v) is 8.26. The third-order valence-corrected chi connectivity index (χ3v) is 4.12. The SMILES string of the molecule is CC(C)CC(NC(=O)C(CC(C)C)NC(=O)C(N)C(C)C)C(=O)NCC(=O)O. The van der Waals surface area contributed by atoms with Crippen LogP contribution in [0.1, 0.15) is 54.4 Å². The highest BCUT2D eigenvalue weighted by molar-refractivity contribution is 5.93. The van der Waals surface area contributed by atoms with Crippen molar-refractivity contribution in [2.75, 3.05) is 6.54 Å². The summed E-state index contributed by atoms with van der Waals surface area (Å²) in [4.78, 5) is 48.0. The molecule has 3 amide bonds. The lowest BCUT2D eigenvalue weighted by Gasteiger charge is -2.26. The Balaban J connectivity index is 5.25. The highest BCUT2D eigenvalue weighted by Crippen LogP contribution is 2.10. The minimum atomic E-state index is -1.17. The summed E-state index contributed by atoms with van der Waals surface area (Å²) in [6.45, 7) is 10.7. The average Bonchev–Trinajstić information content (AvgIpc) is 2.56. The zero-order valence-electron chi connectivity index (χ0n) is 17.7. The van der Waals surface area contributed by atoms with Crippen LogP contribution in [0.15, 0.2) is 0 Å². The van der Waals surface area contributed by atoms with Gasteiger partial charge in [0.05, 0.1) is 6.04 Å². The molecule has 162 valence electrons. The average molecular weight is 401 g/mol. The fourth-order valence-corrected chi connectivity index (χ4v) is 2.53. The Labute approximate surface area is 167 Å². The van der Waals surface area contributed by atoms with Crippen molar-refractivity contribution in [3.8, 4) is 0 Å². The van der Waals surface area contributed by atoms with Crippen LogP contribution in [0.4, 0.5) is 0 Å². The summed E-state index contributed by atoms with van der Waals surface area (Å²) >= 11 is 0. The first kappa shape index (κ1) is 25.8. The molecule has 6 N–H and O–H groups in total. The molecule has 0 fully saturated rings. The molecule has 0 spiro atoms. The summed E-state index contributed by atoms with van der Waals surface area (Å²) in [6.07, 6.45) is 0.721. The predicted molar refractivity (Wildman–Crippen MR) is 106 cm³/mol. The van der Waals surface area contributed by atoms with Gasteiger partial charge in [-0.3, -0.25) is 19.2 Å². The van der Waals surface area contributed by atoms with Crippen LogP contribution in [0, 0.1) is 17.8 Å². The van der Waals surface area contributed by atoms with Crippen molar-refractivity contribution in [2.24, 2.45) is 23.5 Å². The normalized spacial score (nSPS) is 14.5. The quantitative estimate of drug-likeness (QED) is 0.316. The molecule has 0 aromatic rings. The first-order valence-corrected chi connectivity index (χ1v) is 9.70. The van der Waals surface area contributed by atoms with E-state index in [9.17, 15) is 19.2 Å². The number of carboxylic acids is 1. The lowest BCUT2D eigenvalue weighted by atomic mass is 9.99. The minimum Gasteiger partial charge on any atom is -0.480 e. The van der Waals surface area contributed by atoms with E-state index in [0.29, 0.717) is 12.8 Å². The molecule has 0 aliphatic heterocycles. The smallest absolute Gasteiger partial charge is 0.322 e. The number of hydrogen-bond donors (Lipinski definition) is 5. The van der Waals surface area contributed by atoms with Gasteiger partial charge in [-0.1, -0.05) is 41.5 Å². The number of rotatable bonds is 12. The van der Waals surface area contributed by atoms with Crippen LogP contribution in [0.5, 0.6) is 0 Å². The minimum absolute atomic E-state index is 0.0850. The standard InChI is InChI=1S/C19H36N4O5/c1-10(2)7-13(17(26)21-9-15(24)25)22-18(27)14(8-11(3)4)23-19(28)16(20)12(5)6/h10-14,16H,7-9,20H2,1-6H3,(H,21,26)(H,22,27)(H,23,28)(H,24,25). The zero-order valence-corrected chi connectivity index (χ0v) is 17.7. The molecule has 9 heteroatoms. The van der Waals surface area contributed by atoms with Crippen LogP contribution in [-0.2, 0) is 19.2 Å². The van der Waals surface area contributed by atoms with E-state index in [1.807, 2.05) is 41.5 Å². The molecule has 0 aliphatic rings. The van der Waals surface area contributed by atoms with Gasteiger partial charge in [0.15, 0.2) is 0 Å². The molecular formula is C19H36N4O5. The van der Waals surface area contributed by atoms with Gasteiger partial charge in [0.2, 0.25) is 17.7 Å². The largest absolute Gasteiger partial charge is 0.480 e. The van der Waals surface area contributed by atoms with Gasteiger partial charge < -0.3 is 26.8 Å². The van der Waals surface area contributed by atoms with Crippen LogP contribution in [-0.4, -0.2) is 53.5 Å². The van der Waals surface area contributed by atoms with E-state index in [1.165, 1.54) is 0 Å². The lowest BCUT2D eigenvalue weighted by molar-refractivity contribution is -0.138. The van der Waals surface area contributed by atoms with E-state index in [2.05, 4.69) is 16.0 Å². The molecule has 9 nitrogen and oxygen atoms in total. The van der Waals surface area contributed by atoms with Crippen LogP contribution in [0.3, 0.4) is 0 Å². The molecule has 0 radical (unpaired) electrons. The van der Waals surface area contributed by atoms with Gasteiger partial charge in [0.25, 0.3) is 0 Å². The second kappa shape index (κ2) is 12.3. The molecule has 3 unspecified atom stereocenters. The van der Waals surface area contributed by atoms with E-state index < -0.39 is 48.4 Å². The lowest BCUT2D eigenvalue weighted by Crippen LogP contribution is -2.57. The maximum Gasteiger partial charge on any atom is 0.322 e. The van der Waals surface area contributed by atoms with Gasteiger partial charge in [-0.25, -0.2) is 0 Å². The molecule has 0 heterocycles. The topological polar surface area (TPSA) is 151 Å². The molecule has 0 saturated heterocycles. The van der Waals surface area contributed by atoms with Crippen LogP contribution >= 0.6 is 0 Å². The molecule has 0 saturated carbocycles. The fourth-order valence-electron chi connectivity index (χ4n) is 2.53. The third-order valence-electron chi connectivity index (χ3n) is 4.12. The van der Waals surface area contributed by atoms with E-state index in [0.717, 1.165) is 0 Å². The molecule has 0 aromatic carbocycles. The van der Waals surface area contributed by atoms with Crippen LogP contribution < -0.4 is 21.7 Å². The number of carboxylic acid groups (broad SMARTS) is 1. The Bertz CT molecular complexity index is 548. The number of aliphatic carboxylic acids is 1.